The van der Waals surface area contributed by atoms with Crippen molar-refractivity contribution in [2.24, 2.45) is 5.92 Å². The first-order valence-corrected chi connectivity index (χ1v) is 9.88. The van der Waals surface area contributed by atoms with Crippen LogP contribution in [0, 0.1) is 11.7 Å². The van der Waals surface area contributed by atoms with Gasteiger partial charge in [-0.05, 0) is 35.7 Å². The molecule has 1 atom stereocenters. The molecular weight excluding hydrogens is 379 g/mol. The zero-order chi connectivity index (χ0) is 19.5. The summed E-state index contributed by atoms with van der Waals surface area (Å²) < 4.78 is 19.5. The van der Waals surface area contributed by atoms with E-state index in [0.29, 0.717) is 18.8 Å². The van der Waals surface area contributed by atoms with Gasteiger partial charge < -0.3 is 14.2 Å². The summed E-state index contributed by atoms with van der Waals surface area (Å²) in [7, 11) is 0. The van der Waals surface area contributed by atoms with E-state index in [4.69, 9.17) is 4.42 Å². The molecule has 0 spiro atoms. The molecule has 1 saturated heterocycles. The molecule has 0 radical (unpaired) electrons. The molecule has 0 N–H and O–H groups in total. The molecule has 0 saturated carbocycles. The van der Waals surface area contributed by atoms with Crippen LogP contribution in [0.4, 0.5) is 10.1 Å². The molecule has 1 aliphatic heterocycles. The van der Waals surface area contributed by atoms with Crippen molar-refractivity contribution >= 4 is 28.8 Å². The van der Waals surface area contributed by atoms with Crippen molar-refractivity contribution in [1.82, 2.24) is 4.90 Å². The molecule has 2 aromatic heterocycles. The number of thiophene rings is 1. The summed E-state index contributed by atoms with van der Waals surface area (Å²) in [5, 5.41) is 1.96. The Bertz CT molecular complexity index is 920. The lowest BCUT2D eigenvalue weighted by molar-refractivity contribution is -0.137. The molecule has 1 fully saturated rings. The van der Waals surface area contributed by atoms with Gasteiger partial charge in [-0.3, -0.25) is 9.59 Å². The van der Waals surface area contributed by atoms with Gasteiger partial charge in [0, 0.05) is 17.8 Å². The molecular formula is C21H19FN2O3S. The Hall–Kier alpha value is -2.93. The molecule has 144 valence electrons. The van der Waals surface area contributed by atoms with Crippen molar-refractivity contribution in [3.63, 3.8) is 0 Å². The molecule has 3 aromatic rings. The van der Waals surface area contributed by atoms with Crippen molar-refractivity contribution in [2.75, 3.05) is 11.4 Å². The predicted molar refractivity (Wildman–Crippen MR) is 104 cm³/mol. The van der Waals surface area contributed by atoms with Gasteiger partial charge in [-0.25, -0.2) is 4.39 Å². The first-order valence-electron chi connectivity index (χ1n) is 9.00. The number of furan rings is 1. The quantitative estimate of drug-likeness (QED) is 0.629. The Morgan fingerprint density at radius 1 is 1.18 bits per heavy atom. The Morgan fingerprint density at radius 2 is 2.04 bits per heavy atom. The average molecular weight is 398 g/mol. The van der Waals surface area contributed by atoms with Gasteiger partial charge in [0.2, 0.25) is 11.8 Å². The zero-order valence-electron chi connectivity index (χ0n) is 15.1. The average Bonchev–Trinajstić information content (AvgIpc) is 3.44. The van der Waals surface area contributed by atoms with Gasteiger partial charge in [-0.2, -0.15) is 0 Å². The van der Waals surface area contributed by atoms with Crippen LogP contribution in [-0.2, 0) is 22.7 Å². The summed E-state index contributed by atoms with van der Waals surface area (Å²) in [6, 6.07) is 13.6. The van der Waals surface area contributed by atoms with Gasteiger partial charge in [-0.15, -0.1) is 11.3 Å². The largest absolute Gasteiger partial charge is 0.467 e. The number of carbonyl (C=O) groups excluding carboxylic acids is 2. The van der Waals surface area contributed by atoms with Gasteiger partial charge in [0.1, 0.15) is 11.6 Å². The van der Waals surface area contributed by atoms with E-state index in [1.807, 2.05) is 23.6 Å². The zero-order valence-corrected chi connectivity index (χ0v) is 15.9. The first-order chi connectivity index (χ1) is 13.6. The normalized spacial score (nSPS) is 16.5. The maximum Gasteiger partial charge on any atom is 0.228 e. The Labute approximate surface area is 166 Å². The minimum atomic E-state index is -0.512. The third-order valence-corrected chi connectivity index (χ3v) is 5.64. The second-order valence-electron chi connectivity index (χ2n) is 6.71. The number of amides is 2. The van der Waals surface area contributed by atoms with Crippen LogP contribution in [0.3, 0.4) is 0 Å². The van der Waals surface area contributed by atoms with E-state index in [9.17, 15) is 14.0 Å². The number of carbonyl (C=O) groups is 2. The number of hydrogen-bond donors (Lipinski definition) is 0. The third kappa shape index (κ3) is 3.84. The third-order valence-electron chi connectivity index (χ3n) is 4.78. The van der Waals surface area contributed by atoms with Crippen molar-refractivity contribution in [3.05, 3.63) is 76.6 Å². The molecule has 1 aromatic carbocycles. The standard InChI is InChI=1S/C21H19FN2O3S/c22-18-7-1-2-8-19(18)24-12-15(11-20(24)25)21(26)23(13-16-5-3-9-27-16)14-17-6-4-10-28-17/h1-10,15H,11-14H2. The SMILES string of the molecule is O=C(C1CC(=O)N(c2ccccc2F)C1)N(Cc1ccco1)Cc1cccs1. The molecule has 1 unspecified atom stereocenters. The fourth-order valence-corrected chi connectivity index (χ4v) is 4.15. The van der Waals surface area contributed by atoms with Gasteiger partial charge in [0.05, 0.1) is 31.0 Å². The minimum absolute atomic E-state index is 0.0757. The number of para-hydroxylation sites is 1. The molecule has 1 aliphatic rings. The lowest BCUT2D eigenvalue weighted by Crippen LogP contribution is -2.36. The summed E-state index contributed by atoms with van der Waals surface area (Å²) >= 11 is 1.57. The Balaban J connectivity index is 1.53. The fourth-order valence-electron chi connectivity index (χ4n) is 3.43. The highest BCUT2D eigenvalue weighted by atomic mass is 32.1. The van der Waals surface area contributed by atoms with Crippen LogP contribution in [0.2, 0.25) is 0 Å². The van der Waals surface area contributed by atoms with Gasteiger partial charge in [-0.1, -0.05) is 18.2 Å². The van der Waals surface area contributed by atoms with Gasteiger partial charge >= 0.3 is 0 Å². The maximum absolute atomic E-state index is 14.1. The Morgan fingerprint density at radius 3 is 2.75 bits per heavy atom. The minimum Gasteiger partial charge on any atom is -0.467 e. The van der Waals surface area contributed by atoms with Crippen molar-refractivity contribution in [2.45, 2.75) is 19.5 Å². The summed E-state index contributed by atoms with van der Waals surface area (Å²) in [6.45, 7) is 0.952. The monoisotopic (exact) mass is 398 g/mol. The van der Waals surface area contributed by atoms with Gasteiger partial charge in [0.25, 0.3) is 0 Å². The molecule has 28 heavy (non-hydrogen) atoms. The number of halogens is 1. The van der Waals surface area contributed by atoms with E-state index in [-0.39, 0.29) is 30.5 Å². The van der Waals surface area contributed by atoms with Crippen molar-refractivity contribution < 1.29 is 18.4 Å². The summed E-state index contributed by atoms with van der Waals surface area (Å²) in [4.78, 5) is 29.8. The lowest BCUT2D eigenvalue weighted by Gasteiger charge is -2.24. The highest BCUT2D eigenvalue weighted by Crippen LogP contribution is 2.29. The van der Waals surface area contributed by atoms with E-state index in [0.717, 1.165) is 4.88 Å². The van der Waals surface area contributed by atoms with E-state index in [1.54, 1.807) is 46.8 Å². The van der Waals surface area contributed by atoms with E-state index >= 15 is 0 Å². The molecule has 0 bridgehead atoms. The fraction of sp³-hybridized carbons (Fsp3) is 0.238. The first kappa shape index (κ1) is 18.4. The molecule has 0 aliphatic carbocycles. The summed E-state index contributed by atoms with van der Waals surface area (Å²) in [6.07, 6.45) is 1.65. The predicted octanol–water partition coefficient (Wildman–Crippen LogP) is 4.06. The lowest BCUT2D eigenvalue weighted by atomic mass is 10.1. The van der Waals surface area contributed by atoms with Crippen LogP contribution < -0.4 is 4.90 Å². The molecule has 5 nitrogen and oxygen atoms in total. The maximum atomic E-state index is 14.1. The van der Waals surface area contributed by atoms with E-state index < -0.39 is 11.7 Å². The number of rotatable bonds is 6. The highest BCUT2D eigenvalue weighted by molar-refractivity contribution is 7.09. The van der Waals surface area contributed by atoms with Crippen molar-refractivity contribution in [1.29, 1.82) is 0 Å². The van der Waals surface area contributed by atoms with Crippen LogP contribution in [0.25, 0.3) is 0 Å². The van der Waals surface area contributed by atoms with Crippen molar-refractivity contribution in [3.8, 4) is 0 Å². The molecule has 7 heteroatoms. The second-order valence-corrected chi connectivity index (χ2v) is 7.74. The number of nitrogens with zero attached hydrogens (tertiary/aromatic N) is 2. The summed E-state index contributed by atoms with van der Waals surface area (Å²) in [5.74, 6) is -0.660. The van der Waals surface area contributed by atoms with Crippen LogP contribution >= 0.6 is 11.3 Å². The number of benzene rings is 1. The topological polar surface area (TPSA) is 53.8 Å². The smallest absolute Gasteiger partial charge is 0.228 e. The van der Waals surface area contributed by atoms with Crippen LogP contribution in [0.1, 0.15) is 17.1 Å². The molecule has 2 amide bonds. The highest BCUT2D eigenvalue weighted by Gasteiger charge is 2.38. The molecule has 4 rings (SSSR count). The van der Waals surface area contributed by atoms with Crippen LogP contribution in [0.15, 0.2) is 64.6 Å². The van der Waals surface area contributed by atoms with Gasteiger partial charge in [0.15, 0.2) is 0 Å². The molecule has 3 heterocycles. The van der Waals surface area contributed by atoms with Crippen LogP contribution in [0.5, 0.6) is 0 Å². The van der Waals surface area contributed by atoms with E-state index in [2.05, 4.69) is 0 Å². The number of hydrogen-bond acceptors (Lipinski definition) is 4. The summed E-state index contributed by atoms with van der Waals surface area (Å²) in [5.41, 5.74) is 0.221. The number of anilines is 1. The second kappa shape index (κ2) is 7.98. The van der Waals surface area contributed by atoms with Crippen LogP contribution in [-0.4, -0.2) is 23.3 Å². The Kier molecular flexibility index (Phi) is 5.25. The van der Waals surface area contributed by atoms with E-state index in [1.165, 1.54) is 11.0 Å².